The Kier molecular flexibility index (Phi) is 6.43. The zero-order valence-corrected chi connectivity index (χ0v) is 19.2. The summed E-state index contributed by atoms with van der Waals surface area (Å²) in [4.78, 5) is 33.1. The van der Waals surface area contributed by atoms with Crippen LogP contribution in [0.3, 0.4) is 0 Å². The fourth-order valence-electron chi connectivity index (χ4n) is 4.04. The third-order valence-electron chi connectivity index (χ3n) is 5.89. The molecule has 2 aliphatic rings. The highest BCUT2D eigenvalue weighted by atomic mass is 35.5. The molecular formula is C23H24ClN5O2S. The number of aliphatic imine (C=N–C) groups is 1. The number of piperidine rings is 1. The smallest absolute Gasteiger partial charge is 0.272 e. The molecule has 9 heteroatoms. The Morgan fingerprint density at radius 2 is 1.88 bits per heavy atom. The number of thiocarbonyl (C=S) groups is 1. The maximum atomic E-state index is 13.3. The summed E-state index contributed by atoms with van der Waals surface area (Å²) < 4.78 is 0. The molecule has 1 atom stereocenters. The third-order valence-corrected chi connectivity index (χ3v) is 6.50. The van der Waals surface area contributed by atoms with Gasteiger partial charge in [0.15, 0.2) is 5.11 Å². The maximum absolute atomic E-state index is 13.3. The predicted octanol–water partition coefficient (Wildman–Crippen LogP) is 2.55. The van der Waals surface area contributed by atoms with Gasteiger partial charge in [0.2, 0.25) is 12.1 Å². The number of carbonyl (C=O) groups excluding carboxylic acids is 2. The molecule has 0 bridgehead atoms. The van der Waals surface area contributed by atoms with Gasteiger partial charge in [-0.25, -0.2) is 4.99 Å². The highest BCUT2D eigenvalue weighted by molar-refractivity contribution is 7.80. The van der Waals surface area contributed by atoms with Gasteiger partial charge in [0.05, 0.1) is 11.4 Å². The first kappa shape index (κ1) is 22.2. The predicted molar refractivity (Wildman–Crippen MR) is 130 cm³/mol. The van der Waals surface area contributed by atoms with Gasteiger partial charge in [0, 0.05) is 42.2 Å². The summed E-state index contributed by atoms with van der Waals surface area (Å²) in [6, 6.07) is 15.1. The van der Waals surface area contributed by atoms with E-state index in [0.717, 1.165) is 16.8 Å². The summed E-state index contributed by atoms with van der Waals surface area (Å²) in [5.41, 5.74) is 8.46. The molecule has 0 spiro atoms. The molecule has 3 N–H and O–H groups in total. The lowest BCUT2D eigenvalue weighted by Crippen LogP contribution is -2.52. The number of carbonyl (C=O) groups is 2. The Balaban J connectivity index is 1.65. The van der Waals surface area contributed by atoms with Gasteiger partial charge in [-0.1, -0.05) is 41.9 Å². The van der Waals surface area contributed by atoms with Crippen molar-refractivity contribution in [3.63, 3.8) is 0 Å². The van der Waals surface area contributed by atoms with E-state index in [-0.39, 0.29) is 17.7 Å². The lowest BCUT2D eigenvalue weighted by atomic mass is 9.97. The van der Waals surface area contributed by atoms with Crippen LogP contribution in [0.15, 0.2) is 53.5 Å². The minimum atomic E-state index is -0.900. The van der Waals surface area contributed by atoms with Crippen molar-refractivity contribution in [3.05, 3.63) is 64.7 Å². The Morgan fingerprint density at radius 3 is 2.53 bits per heavy atom. The quantitative estimate of drug-likeness (QED) is 0.674. The van der Waals surface area contributed by atoms with Crippen LogP contribution in [0.25, 0.3) is 0 Å². The number of halogens is 1. The number of rotatable bonds is 3. The monoisotopic (exact) mass is 469 g/mol. The maximum Gasteiger partial charge on any atom is 0.272 e. The molecule has 2 heterocycles. The Hall–Kier alpha value is -2.97. The van der Waals surface area contributed by atoms with Crippen molar-refractivity contribution in [1.82, 2.24) is 10.2 Å². The molecule has 0 aliphatic carbocycles. The first-order valence-electron chi connectivity index (χ1n) is 10.4. The van der Waals surface area contributed by atoms with Gasteiger partial charge in [-0.05, 0) is 43.3 Å². The van der Waals surface area contributed by atoms with E-state index in [1.807, 2.05) is 47.4 Å². The SMILES string of the molecule is CN1C(=O)C(NC(=S)N2CCC(C(N)=O)CC2)N=C(c2ccccc2)c2cc(Cl)ccc21. The van der Waals surface area contributed by atoms with E-state index in [9.17, 15) is 9.59 Å². The lowest BCUT2D eigenvalue weighted by molar-refractivity contribution is -0.122. The van der Waals surface area contributed by atoms with Crippen LogP contribution in [0, 0.1) is 5.92 Å². The van der Waals surface area contributed by atoms with Crippen LogP contribution in [0.5, 0.6) is 0 Å². The van der Waals surface area contributed by atoms with Crippen molar-refractivity contribution >= 4 is 52.1 Å². The summed E-state index contributed by atoms with van der Waals surface area (Å²) in [5.74, 6) is -0.645. The number of benzene rings is 2. The van der Waals surface area contributed by atoms with E-state index in [1.165, 1.54) is 0 Å². The minimum Gasteiger partial charge on any atom is -0.369 e. The Morgan fingerprint density at radius 1 is 1.19 bits per heavy atom. The van der Waals surface area contributed by atoms with Crippen molar-refractivity contribution in [2.24, 2.45) is 16.6 Å². The van der Waals surface area contributed by atoms with Crippen LogP contribution in [0.1, 0.15) is 24.0 Å². The molecule has 1 fully saturated rings. The molecule has 32 heavy (non-hydrogen) atoms. The van der Waals surface area contributed by atoms with Gasteiger partial charge in [-0.3, -0.25) is 9.59 Å². The van der Waals surface area contributed by atoms with Crippen LogP contribution in [0.2, 0.25) is 5.02 Å². The number of hydrogen-bond donors (Lipinski definition) is 2. The van der Waals surface area contributed by atoms with Crippen LogP contribution in [-0.2, 0) is 9.59 Å². The van der Waals surface area contributed by atoms with Gasteiger partial charge in [0.25, 0.3) is 5.91 Å². The first-order valence-corrected chi connectivity index (χ1v) is 11.2. The number of benzodiazepines with no additional fused rings is 1. The number of nitrogens with one attached hydrogen (secondary N) is 1. The van der Waals surface area contributed by atoms with Crippen molar-refractivity contribution in [2.45, 2.75) is 19.0 Å². The number of primary amides is 1. The summed E-state index contributed by atoms with van der Waals surface area (Å²) in [7, 11) is 1.72. The molecular weight excluding hydrogens is 446 g/mol. The fraction of sp³-hybridized carbons (Fsp3) is 0.304. The van der Waals surface area contributed by atoms with Crippen molar-refractivity contribution in [1.29, 1.82) is 0 Å². The molecule has 2 aromatic rings. The van der Waals surface area contributed by atoms with Gasteiger partial charge in [0.1, 0.15) is 0 Å². The highest BCUT2D eigenvalue weighted by Crippen LogP contribution is 2.30. The highest BCUT2D eigenvalue weighted by Gasteiger charge is 2.32. The van der Waals surface area contributed by atoms with Crippen LogP contribution in [-0.4, -0.2) is 53.8 Å². The van der Waals surface area contributed by atoms with Crippen molar-refractivity contribution < 1.29 is 9.59 Å². The second-order valence-corrected chi connectivity index (χ2v) is 8.74. The zero-order chi connectivity index (χ0) is 22.8. The molecule has 2 aromatic carbocycles. The number of fused-ring (bicyclic) bond motifs is 1. The summed E-state index contributed by atoms with van der Waals surface area (Å²) >= 11 is 11.9. The van der Waals surface area contributed by atoms with Gasteiger partial charge in [-0.2, -0.15) is 0 Å². The molecule has 0 saturated carbocycles. The van der Waals surface area contributed by atoms with E-state index in [1.54, 1.807) is 18.0 Å². The number of nitrogens with zero attached hydrogens (tertiary/aromatic N) is 3. The molecule has 166 valence electrons. The average molecular weight is 470 g/mol. The summed E-state index contributed by atoms with van der Waals surface area (Å²) in [6.45, 7) is 1.20. The Labute approximate surface area is 197 Å². The second-order valence-electron chi connectivity index (χ2n) is 7.92. The largest absolute Gasteiger partial charge is 0.369 e. The normalized spacial score (nSPS) is 19.1. The van der Waals surface area contributed by atoms with Gasteiger partial charge in [-0.15, -0.1) is 0 Å². The number of likely N-dealkylation sites (tertiary alicyclic amines) is 1. The minimum absolute atomic E-state index is 0.137. The summed E-state index contributed by atoms with van der Waals surface area (Å²) in [5, 5.41) is 4.12. The molecule has 1 unspecified atom stereocenters. The molecule has 0 radical (unpaired) electrons. The summed E-state index contributed by atoms with van der Waals surface area (Å²) in [6.07, 6.45) is 0.374. The second kappa shape index (κ2) is 9.26. The molecule has 0 aromatic heterocycles. The number of likely N-dealkylation sites (N-methyl/N-ethyl adjacent to an activating group) is 1. The lowest BCUT2D eigenvalue weighted by Gasteiger charge is -2.33. The molecule has 4 rings (SSSR count). The molecule has 7 nitrogen and oxygen atoms in total. The number of nitrogens with two attached hydrogens (primary N) is 1. The van der Waals surface area contributed by atoms with Crippen molar-refractivity contribution in [2.75, 3.05) is 25.0 Å². The topological polar surface area (TPSA) is 91.0 Å². The van der Waals surface area contributed by atoms with E-state index >= 15 is 0 Å². The number of anilines is 1. The fourth-order valence-corrected chi connectivity index (χ4v) is 4.51. The van der Waals surface area contributed by atoms with E-state index in [4.69, 9.17) is 34.5 Å². The molecule has 1 saturated heterocycles. The van der Waals surface area contributed by atoms with Crippen molar-refractivity contribution in [3.8, 4) is 0 Å². The average Bonchev–Trinajstić information content (AvgIpc) is 2.90. The number of amides is 2. The standard InChI is InChI=1S/C23H24ClN5O2S/c1-28-18-8-7-16(24)13-17(18)19(14-5-3-2-4-6-14)26-21(22(28)31)27-23(32)29-11-9-15(10-12-29)20(25)30/h2-8,13,15,21H,9-12H2,1H3,(H2,25,30)(H,27,32). The Bertz CT molecular complexity index is 1080. The van der Waals surface area contributed by atoms with Crippen LogP contribution in [0.4, 0.5) is 5.69 Å². The zero-order valence-electron chi connectivity index (χ0n) is 17.6. The third kappa shape index (κ3) is 4.47. The molecule has 2 amide bonds. The van der Waals surface area contributed by atoms with Gasteiger partial charge < -0.3 is 20.9 Å². The van der Waals surface area contributed by atoms with E-state index in [2.05, 4.69) is 5.32 Å². The van der Waals surface area contributed by atoms with Gasteiger partial charge >= 0.3 is 0 Å². The first-order chi connectivity index (χ1) is 15.3. The molecule has 2 aliphatic heterocycles. The van der Waals surface area contributed by atoms with E-state index < -0.39 is 6.17 Å². The number of hydrogen-bond acceptors (Lipinski definition) is 4. The van der Waals surface area contributed by atoms with E-state index in [0.29, 0.717) is 41.8 Å². The van der Waals surface area contributed by atoms with Crippen LogP contribution >= 0.6 is 23.8 Å². The van der Waals surface area contributed by atoms with Crippen LogP contribution < -0.4 is 16.0 Å².